The first-order valence-corrected chi connectivity index (χ1v) is 9.09. The van der Waals surface area contributed by atoms with E-state index in [4.69, 9.17) is 5.73 Å². The second-order valence-electron chi connectivity index (χ2n) is 7.18. The van der Waals surface area contributed by atoms with E-state index in [2.05, 4.69) is 76.9 Å². The Kier molecular flexibility index (Phi) is 4.46. The first kappa shape index (κ1) is 17.4. The van der Waals surface area contributed by atoms with Gasteiger partial charge in [0, 0.05) is 61.4 Å². The molecule has 5 heteroatoms. The average Bonchev–Trinajstić information content (AvgIpc) is 3.13. The Morgan fingerprint density at radius 3 is 1.74 bits per heavy atom. The number of carbonyl (C=O) groups excluding carboxylic acids is 1. The summed E-state index contributed by atoms with van der Waals surface area (Å²) in [5.41, 5.74) is 10.3. The highest BCUT2D eigenvalue weighted by molar-refractivity contribution is 5.85. The van der Waals surface area contributed by atoms with Gasteiger partial charge in [-0.15, -0.1) is 0 Å². The van der Waals surface area contributed by atoms with Gasteiger partial charge in [-0.2, -0.15) is 0 Å². The van der Waals surface area contributed by atoms with E-state index in [1.54, 1.807) is 0 Å². The van der Waals surface area contributed by atoms with Crippen LogP contribution in [-0.4, -0.2) is 26.5 Å². The first-order valence-electron chi connectivity index (χ1n) is 9.09. The van der Waals surface area contributed by atoms with Crippen LogP contribution in [0.2, 0.25) is 0 Å². The molecular formula is C22H24N4O. The number of primary amides is 1. The van der Waals surface area contributed by atoms with E-state index >= 15 is 0 Å². The van der Waals surface area contributed by atoms with Gasteiger partial charge >= 0.3 is 0 Å². The number of rotatable bonds is 6. The zero-order chi connectivity index (χ0) is 19.0. The van der Waals surface area contributed by atoms with Crippen molar-refractivity contribution >= 4 is 27.7 Å². The Hall–Kier alpha value is -3.05. The van der Waals surface area contributed by atoms with E-state index in [0.29, 0.717) is 13.1 Å². The summed E-state index contributed by atoms with van der Waals surface area (Å²) in [7, 11) is 4.10. The molecule has 2 aromatic heterocycles. The van der Waals surface area contributed by atoms with E-state index in [1.807, 2.05) is 12.1 Å². The zero-order valence-electron chi connectivity index (χ0n) is 15.7. The molecule has 138 valence electrons. The lowest BCUT2D eigenvalue weighted by molar-refractivity contribution is -0.119. The van der Waals surface area contributed by atoms with Crippen molar-refractivity contribution in [2.75, 3.05) is 6.54 Å². The van der Waals surface area contributed by atoms with Gasteiger partial charge in [-0.3, -0.25) is 9.69 Å². The van der Waals surface area contributed by atoms with E-state index in [-0.39, 0.29) is 12.5 Å². The van der Waals surface area contributed by atoms with Crippen molar-refractivity contribution in [2.45, 2.75) is 13.1 Å². The maximum absolute atomic E-state index is 11.7. The van der Waals surface area contributed by atoms with Crippen molar-refractivity contribution in [3.63, 3.8) is 0 Å². The molecule has 0 saturated heterocycles. The minimum absolute atomic E-state index is 0.229. The normalized spacial score (nSPS) is 11.7. The number of amides is 1. The molecule has 1 amide bonds. The van der Waals surface area contributed by atoms with Gasteiger partial charge in [0.2, 0.25) is 5.91 Å². The number of aryl methyl sites for hydroxylation is 2. The molecule has 27 heavy (non-hydrogen) atoms. The largest absolute Gasteiger partial charge is 0.369 e. The maximum atomic E-state index is 11.7. The number of aromatic nitrogens is 2. The highest BCUT2D eigenvalue weighted by Crippen LogP contribution is 2.25. The van der Waals surface area contributed by atoms with Crippen molar-refractivity contribution in [1.29, 1.82) is 0 Å². The third kappa shape index (κ3) is 3.34. The lowest BCUT2D eigenvalue weighted by atomic mass is 10.1. The molecule has 4 rings (SSSR count). The summed E-state index contributed by atoms with van der Waals surface area (Å²) in [5.74, 6) is -0.310. The van der Waals surface area contributed by atoms with Gasteiger partial charge < -0.3 is 14.9 Å². The fraction of sp³-hybridized carbons (Fsp3) is 0.227. The number of hydrogen-bond donors (Lipinski definition) is 1. The predicted octanol–water partition coefficient (Wildman–Crippen LogP) is 3.16. The summed E-state index contributed by atoms with van der Waals surface area (Å²) in [5, 5.41) is 2.43. The number of fused-ring (bicyclic) bond motifs is 2. The third-order valence-electron chi connectivity index (χ3n) is 5.13. The van der Waals surface area contributed by atoms with Crippen LogP contribution in [-0.2, 0) is 32.0 Å². The SMILES string of the molecule is Cn1cc(CN(CC(N)=O)Cc2cn(C)c3ccccc23)c2ccccc21. The lowest BCUT2D eigenvalue weighted by Gasteiger charge is -2.20. The second-order valence-corrected chi connectivity index (χ2v) is 7.18. The number of benzene rings is 2. The number of nitrogens with two attached hydrogens (primary N) is 1. The molecule has 5 nitrogen and oxygen atoms in total. The molecule has 4 aromatic rings. The van der Waals surface area contributed by atoms with E-state index in [0.717, 1.165) is 0 Å². The third-order valence-corrected chi connectivity index (χ3v) is 5.13. The molecule has 2 aromatic carbocycles. The predicted molar refractivity (Wildman–Crippen MR) is 109 cm³/mol. The molecular weight excluding hydrogens is 336 g/mol. The Morgan fingerprint density at radius 2 is 1.30 bits per heavy atom. The van der Waals surface area contributed by atoms with Gasteiger partial charge in [-0.1, -0.05) is 36.4 Å². The molecule has 0 bridgehead atoms. The Balaban J connectivity index is 1.68. The standard InChI is InChI=1S/C22H24N4O/c1-24-11-16(18-7-3-5-9-20(18)24)13-26(15-22(23)27)14-17-12-25(2)21-10-6-4-8-19(17)21/h3-12H,13-15H2,1-2H3,(H2,23,27). The lowest BCUT2D eigenvalue weighted by Crippen LogP contribution is -2.33. The molecule has 0 atom stereocenters. The fourth-order valence-corrected chi connectivity index (χ4v) is 3.97. The van der Waals surface area contributed by atoms with E-state index < -0.39 is 0 Å². The molecule has 0 saturated carbocycles. The smallest absolute Gasteiger partial charge is 0.231 e. The number of carbonyl (C=O) groups is 1. The summed E-state index contributed by atoms with van der Waals surface area (Å²) in [6.45, 7) is 1.58. The minimum Gasteiger partial charge on any atom is -0.369 e. The highest BCUT2D eigenvalue weighted by Gasteiger charge is 2.16. The molecule has 0 unspecified atom stereocenters. The molecule has 0 radical (unpaired) electrons. The van der Waals surface area contributed by atoms with Gasteiger partial charge in [0.15, 0.2) is 0 Å². The quantitative estimate of drug-likeness (QED) is 0.574. The van der Waals surface area contributed by atoms with Crippen LogP contribution in [0, 0.1) is 0 Å². The van der Waals surface area contributed by atoms with E-state index in [1.165, 1.54) is 32.9 Å². The summed E-state index contributed by atoms with van der Waals surface area (Å²) in [6, 6.07) is 16.7. The molecule has 0 aliphatic carbocycles. The average molecular weight is 360 g/mol. The molecule has 0 aliphatic heterocycles. The van der Waals surface area contributed by atoms with Crippen LogP contribution in [0.5, 0.6) is 0 Å². The van der Waals surface area contributed by atoms with Crippen LogP contribution in [0.3, 0.4) is 0 Å². The first-order chi connectivity index (χ1) is 13.0. The molecule has 0 spiro atoms. The van der Waals surface area contributed by atoms with Gasteiger partial charge in [0.25, 0.3) is 0 Å². The van der Waals surface area contributed by atoms with Crippen LogP contribution >= 0.6 is 0 Å². The van der Waals surface area contributed by atoms with E-state index in [9.17, 15) is 4.79 Å². The molecule has 2 N–H and O–H groups in total. The highest BCUT2D eigenvalue weighted by atomic mass is 16.1. The number of nitrogens with zero attached hydrogens (tertiary/aromatic N) is 3. The van der Waals surface area contributed by atoms with Crippen LogP contribution < -0.4 is 5.73 Å². The summed E-state index contributed by atoms with van der Waals surface area (Å²) < 4.78 is 4.26. The molecule has 0 fully saturated rings. The van der Waals surface area contributed by atoms with Crippen LogP contribution in [0.25, 0.3) is 21.8 Å². The molecule has 2 heterocycles. The van der Waals surface area contributed by atoms with Crippen molar-refractivity contribution in [3.8, 4) is 0 Å². The molecule has 0 aliphatic rings. The van der Waals surface area contributed by atoms with Crippen LogP contribution in [0.15, 0.2) is 60.9 Å². The Labute approximate surface area is 158 Å². The van der Waals surface area contributed by atoms with Crippen molar-refractivity contribution < 1.29 is 4.79 Å². The van der Waals surface area contributed by atoms with Gasteiger partial charge in [0.05, 0.1) is 6.54 Å². The monoisotopic (exact) mass is 360 g/mol. The van der Waals surface area contributed by atoms with Crippen LogP contribution in [0.1, 0.15) is 11.1 Å². The summed E-state index contributed by atoms with van der Waals surface area (Å²) >= 11 is 0. The second kappa shape index (κ2) is 6.93. The number of hydrogen-bond acceptors (Lipinski definition) is 2. The van der Waals surface area contributed by atoms with Gasteiger partial charge in [0.1, 0.15) is 0 Å². The van der Waals surface area contributed by atoms with Crippen molar-refractivity contribution in [3.05, 3.63) is 72.1 Å². The summed E-state index contributed by atoms with van der Waals surface area (Å²) in [4.78, 5) is 13.8. The fourth-order valence-electron chi connectivity index (χ4n) is 3.97. The van der Waals surface area contributed by atoms with Crippen molar-refractivity contribution in [1.82, 2.24) is 14.0 Å². The summed E-state index contributed by atoms with van der Waals surface area (Å²) in [6.07, 6.45) is 4.28. The Bertz CT molecular complexity index is 1040. The minimum atomic E-state index is -0.310. The van der Waals surface area contributed by atoms with Crippen LogP contribution in [0.4, 0.5) is 0 Å². The topological polar surface area (TPSA) is 56.2 Å². The van der Waals surface area contributed by atoms with Gasteiger partial charge in [-0.25, -0.2) is 0 Å². The zero-order valence-corrected chi connectivity index (χ0v) is 15.7. The van der Waals surface area contributed by atoms with Gasteiger partial charge in [-0.05, 0) is 23.3 Å². The number of para-hydroxylation sites is 2. The van der Waals surface area contributed by atoms with Crippen molar-refractivity contribution in [2.24, 2.45) is 19.8 Å². The maximum Gasteiger partial charge on any atom is 0.231 e. The Morgan fingerprint density at radius 1 is 0.852 bits per heavy atom.